The third-order valence-electron chi connectivity index (χ3n) is 2.85. The maximum atomic E-state index is 11.6. The lowest BCUT2D eigenvalue weighted by Gasteiger charge is -2.18. The maximum absolute atomic E-state index is 11.6. The molecule has 0 radical (unpaired) electrons. The molecule has 0 aliphatic carbocycles. The van der Waals surface area contributed by atoms with E-state index in [1.165, 1.54) is 18.2 Å². The molecule has 1 unspecified atom stereocenters. The minimum atomic E-state index is -2.03. The van der Waals surface area contributed by atoms with E-state index in [0.29, 0.717) is 5.56 Å². The minimum Gasteiger partial charge on any atom is -0.479 e. The molecule has 1 rings (SSSR count). The molecule has 0 bridgehead atoms. The van der Waals surface area contributed by atoms with Gasteiger partial charge in [-0.05, 0) is 18.9 Å². The van der Waals surface area contributed by atoms with Gasteiger partial charge >= 0.3 is 5.97 Å². The first-order valence-electron chi connectivity index (χ1n) is 6.18. The number of carboxylic acid groups (broad SMARTS) is 1. The van der Waals surface area contributed by atoms with E-state index < -0.39 is 28.9 Å². The molecule has 0 aliphatic heterocycles. The van der Waals surface area contributed by atoms with Crippen LogP contribution in [0.4, 0.5) is 5.69 Å². The molecule has 1 amide bonds. The number of nitrogens with zero attached hydrogens (tertiary/aromatic N) is 1. The average Bonchev–Trinajstić information content (AvgIpc) is 2.43. The lowest BCUT2D eigenvalue weighted by atomic mass is 10.1. The van der Waals surface area contributed by atoms with Gasteiger partial charge in [-0.1, -0.05) is 12.1 Å². The summed E-state index contributed by atoms with van der Waals surface area (Å²) in [6, 6.07) is 5.92. The Hall–Kier alpha value is -2.48. The number of aliphatic carboxylic acids is 1. The molecule has 0 heterocycles. The van der Waals surface area contributed by atoms with Gasteiger partial charge in [-0.2, -0.15) is 0 Å². The van der Waals surface area contributed by atoms with Gasteiger partial charge in [0.15, 0.2) is 5.60 Å². The van der Waals surface area contributed by atoms with Crippen molar-refractivity contribution < 1.29 is 24.7 Å². The van der Waals surface area contributed by atoms with Crippen LogP contribution in [0.3, 0.4) is 0 Å². The summed E-state index contributed by atoms with van der Waals surface area (Å²) < 4.78 is 0. The number of carboxylic acids is 1. The fourth-order valence-electron chi connectivity index (χ4n) is 1.52. The van der Waals surface area contributed by atoms with Crippen LogP contribution in [-0.2, 0) is 16.0 Å². The highest BCUT2D eigenvalue weighted by Gasteiger charge is 2.30. The average molecular weight is 296 g/mol. The van der Waals surface area contributed by atoms with Crippen molar-refractivity contribution in [1.82, 2.24) is 5.32 Å². The summed E-state index contributed by atoms with van der Waals surface area (Å²) in [6.07, 6.45) is 0.319. The number of hydrogen-bond acceptors (Lipinski definition) is 5. The Kier molecular flexibility index (Phi) is 5.37. The summed E-state index contributed by atoms with van der Waals surface area (Å²) in [7, 11) is 0. The molecule has 1 aromatic rings. The molecule has 114 valence electrons. The number of aliphatic hydroxyl groups is 1. The molecule has 0 spiro atoms. The number of aryl methyl sites for hydroxylation is 1. The van der Waals surface area contributed by atoms with Gasteiger partial charge in [-0.25, -0.2) is 4.79 Å². The summed E-state index contributed by atoms with van der Waals surface area (Å²) in [5, 5.41) is 31.0. The van der Waals surface area contributed by atoms with E-state index in [1.807, 2.05) is 0 Å². The summed E-state index contributed by atoms with van der Waals surface area (Å²) in [5.74, 6) is -1.87. The third-order valence-corrected chi connectivity index (χ3v) is 2.85. The molecule has 8 heteroatoms. The van der Waals surface area contributed by atoms with Crippen molar-refractivity contribution >= 4 is 17.6 Å². The fourth-order valence-corrected chi connectivity index (χ4v) is 1.52. The van der Waals surface area contributed by atoms with Crippen LogP contribution in [0.1, 0.15) is 18.9 Å². The fraction of sp³-hybridized carbons (Fsp3) is 0.385. The van der Waals surface area contributed by atoms with E-state index >= 15 is 0 Å². The van der Waals surface area contributed by atoms with Gasteiger partial charge in [0, 0.05) is 18.6 Å². The second-order valence-corrected chi connectivity index (χ2v) is 4.78. The number of amides is 1. The lowest BCUT2D eigenvalue weighted by Crippen LogP contribution is -2.46. The number of nitro groups is 1. The second kappa shape index (κ2) is 6.80. The molecule has 0 fully saturated rings. The highest BCUT2D eigenvalue weighted by molar-refractivity contribution is 5.80. The highest BCUT2D eigenvalue weighted by atomic mass is 16.6. The molecule has 0 aromatic heterocycles. The Morgan fingerprint density at radius 3 is 2.67 bits per heavy atom. The van der Waals surface area contributed by atoms with Crippen LogP contribution in [0.25, 0.3) is 0 Å². The van der Waals surface area contributed by atoms with Crippen molar-refractivity contribution in [2.45, 2.75) is 25.4 Å². The molecular weight excluding hydrogens is 280 g/mol. The van der Waals surface area contributed by atoms with Gasteiger partial charge in [-0.3, -0.25) is 14.9 Å². The zero-order valence-electron chi connectivity index (χ0n) is 11.4. The van der Waals surface area contributed by atoms with Gasteiger partial charge in [0.05, 0.1) is 11.5 Å². The minimum absolute atomic E-state index is 0.0386. The topological polar surface area (TPSA) is 130 Å². The number of non-ortho nitro benzene ring substituents is 1. The van der Waals surface area contributed by atoms with Crippen molar-refractivity contribution in [3.05, 3.63) is 39.9 Å². The van der Waals surface area contributed by atoms with Gasteiger partial charge in [0.1, 0.15) is 0 Å². The van der Waals surface area contributed by atoms with Crippen LogP contribution < -0.4 is 5.32 Å². The van der Waals surface area contributed by atoms with Crippen LogP contribution >= 0.6 is 0 Å². The maximum Gasteiger partial charge on any atom is 0.337 e. The molecule has 21 heavy (non-hydrogen) atoms. The molecule has 0 aliphatic rings. The quantitative estimate of drug-likeness (QED) is 0.495. The zero-order chi connectivity index (χ0) is 16.0. The summed E-state index contributed by atoms with van der Waals surface area (Å²) in [4.78, 5) is 32.3. The van der Waals surface area contributed by atoms with Gasteiger partial charge in [-0.15, -0.1) is 0 Å². The Balaban J connectivity index is 2.48. The van der Waals surface area contributed by atoms with E-state index in [0.717, 1.165) is 6.92 Å². The number of nitrogens with one attached hydrogen (secondary N) is 1. The van der Waals surface area contributed by atoms with Crippen LogP contribution in [0.2, 0.25) is 0 Å². The zero-order valence-corrected chi connectivity index (χ0v) is 11.4. The monoisotopic (exact) mass is 296 g/mol. The number of benzene rings is 1. The van der Waals surface area contributed by atoms with Crippen LogP contribution in [0.5, 0.6) is 0 Å². The van der Waals surface area contributed by atoms with Crippen LogP contribution in [-0.4, -0.2) is 39.2 Å². The molecule has 1 aromatic carbocycles. The first kappa shape index (κ1) is 16.6. The second-order valence-electron chi connectivity index (χ2n) is 4.78. The normalized spacial score (nSPS) is 13.2. The summed E-state index contributed by atoms with van der Waals surface area (Å²) >= 11 is 0. The largest absolute Gasteiger partial charge is 0.479 e. The van der Waals surface area contributed by atoms with E-state index in [1.54, 1.807) is 6.07 Å². The van der Waals surface area contributed by atoms with Crippen molar-refractivity contribution in [1.29, 1.82) is 0 Å². The Morgan fingerprint density at radius 1 is 1.43 bits per heavy atom. The Labute approximate surface area is 120 Å². The Morgan fingerprint density at radius 2 is 2.10 bits per heavy atom. The van der Waals surface area contributed by atoms with Gasteiger partial charge < -0.3 is 15.5 Å². The van der Waals surface area contributed by atoms with Crippen LogP contribution in [0, 0.1) is 10.1 Å². The number of hydrogen-bond donors (Lipinski definition) is 3. The number of carbonyl (C=O) groups is 2. The molecule has 3 N–H and O–H groups in total. The van der Waals surface area contributed by atoms with Crippen molar-refractivity contribution in [3.8, 4) is 0 Å². The molecule has 0 saturated heterocycles. The summed E-state index contributed by atoms with van der Waals surface area (Å²) in [5.41, 5.74) is -1.45. The van der Waals surface area contributed by atoms with Crippen molar-refractivity contribution in [3.63, 3.8) is 0 Å². The standard InChI is InChI=1S/C13H16N2O6/c1-13(19,12(17)18)8-14-11(16)6-5-9-3-2-4-10(7-9)15(20)21/h2-4,7,19H,5-6,8H2,1H3,(H,14,16)(H,17,18). The number of carbonyl (C=O) groups excluding carboxylic acids is 1. The number of nitro benzene ring substituents is 1. The molecule has 0 saturated carbocycles. The van der Waals surface area contributed by atoms with E-state index in [4.69, 9.17) is 5.11 Å². The van der Waals surface area contributed by atoms with Gasteiger partial charge in [0.25, 0.3) is 5.69 Å². The van der Waals surface area contributed by atoms with Gasteiger partial charge in [0.2, 0.25) is 5.91 Å². The summed E-state index contributed by atoms with van der Waals surface area (Å²) in [6.45, 7) is 0.673. The van der Waals surface area contributed by atoms with Crippen molar-refractivity contribution in [2.24, 2.45) is 0 Å². The lowest BCUT2D eigenvalue weighted by molar-refractivity contribution is -0.384. The Bertz CT molecular complexity index is 555. The predicted octanol–water partition coefficient (Wildman–Crippen LogP) is 0.479. The van der Waals surface area contributed by atoms with E-state index in [9.17, 15) is 24.8 Å². The SMILES string of the molecule is CC(O)(CNC(=O)CCc1cccc([N+](=O)[O-])c1)C(=O)O. The third kappa shape index (κ3) is 5.19. The molecule has 1 atom stereocenters. The number of rotatable bonds is 7. The highest BCUT2D eigenvalue weighted by Crippen LogP contribution is 2.14. The predicted molar refractivity (Wildman–Crippen MR) is 72.7 cm³/mol. The molecular formula is C13H16N2O6. The first-order chi connectivity index (χ1) is 9.72. The smallest absolute Gasteiger partial charge is 0.337 e. The first-order valence-corrected chi connectivity index (χ1v) is 6.18. The van der Waals surface area contributed by atoms with E-state index in [2.05, 4.69) is 5.32 Å². The van der Waals surface area contributed by atoms with E-state index in [-0.39, 0.29) is 18.5 Å². The molecule has 8 nitrogen and oxygen atoms in total. The van der Waals surface area contributed by atoms with Crippen LogP contribution in [0.15, 0.2) is 24.3 Å². The van der Waals surface area contributed by atoms with Crippen molar-refractivity contribution in [2.75, 3.05) is 6.54 Å².